The molecule has 134 valence electrons. The summed E-state index contributed by atoms with van der Waals surface area (Å²) in [5, 5.41) is 6.66. The number of ether oxygens (including phenoxy) is 1. The second-order valence-corrected chi connectivity index (χ2v) is 5.23. The van der Waals surface area contributed by atoms with E-state index in [-0.39, 0.29) is 0 Å². The van der Waals surface area contributed by atoms with Gasteiger partial charge in [-0.2, -0.15) is 5.10 Å². The van der Waals surface area contributed by atoms with E-state index in [0.29, 0.717) is 11.1 Å². The highest BCUT2D eigenvalue weighted by atomic mass is 35.5. The molecule has 0 saturated heterocycles. The van der Waals surface area contributed by atoms with Gasteiger partial charge in [0.05, 0.1) is 12.2 Å². The van der Waals surface area contributed by atoms with Crippen LogP contribution in [0.1, 0.15) is 33.6 Å². The van der Waals surface area contributed by atoms with Crippen molar-refractivity contribution >= 4 is 23.0 Å². The number of rotatable bonds is 2. The molecule has 24 heavy (non-hydrogen) atoms. The Kier molecular flexibility index (Phi) is 12.8. The van der Waals surface area contributed by atoms with Crippen LogP contribution in [0.15, 0.2) is 58.4 Å². The van der Waals surface area contributed by atoms with Gasteiger partial charge in [0, 0.05) is 25.8 Å². The van der Waals surface area contributed by atoms with Crippen LogP contribution in [0.4, 0.5) is 0 Å². The average Bonchev–Trinajstić information content (AvgIpc) is 2.55. The highest BCUT2D eigenvalue weighted by Gasteiger charge is 2.20. The first-order valence-corrected chi connectivity index (χ1v) is 8.64. The minimum Gasteiger partial charge on any atom is -0.388 e. The third kappa shape index (κ3) is 7.75. The Morgan fingerprint density at radius 3 is 2.67 bits per heavy atom. The molecular formula is C19H30ClN3O. The van der Waals surface area contributed by atoms with Crippen molar-refractivity contribution in [3.63, 3.8) is 0 Å². The van der Waals surface area contributed by atoms with Gasteiger partial charge in [-0.25, -0.2) is 5.01 Å². The number of hydrogen-bond donors (Lipinski definition) is 0. The molecule has 0 N–H and O–H groups in total. The molecule has 1 unspecified atom stereocenters. The molecule has 0 aromatic carbocycles. The van der Waals surface area contributed by atoms with Crippen molar-refractivity contribution in [3.05, 3.63) is 48.4 Å². The van der Waals surface area contributed by atoms with Crippen LogP contribution >= 0.6 is 11.6 Å². The lowest BCUT2D eigenvalue weighted by Crippen LogP contribution is -2.23. The van der Waals surface area contributed by atoms with Crippen LogP contribution in [0.3, 0.4) is 0 Å². The molecule has 1 atom stereocenters. The zero-order valence-electron chi connectivity index (χ0n) is 15.5. The van der Waals surface area contributed by atoms with Crippen molar-refractivity contribution in [2.24, 2.45) is 16.0 Å². The number of methoxy groups -OCH3 is 1. The fourth-order valence-corrected chi connectivity index (χ4v) is 2.33. The quantitative estimate of drug-likeness (QED) is 0.645. The van der Waals surface area contributed by atoms with Gasteiger partial charge in [0.2, 0.25) is 0 Å². The zero-order chi connectivity index (χ0) is 18.4. The van der Waals surface area contributed by atoms with Gasteiger partial charge in [-0.3, -0.25) is 4.99 Å². The summed E-state index contributed by atoms with van der Waals surface area (Å²) in [5.41, 5.74) is 1.95. The van der Waals surface area contributed by atoms with Crippen molar-refractivity contribution in [3.8, 4) is 0 Å². The first kappa shape index (κ1) is 22.4. The first-order valence-electron chi connectivity index (χ1n) is 8.26. The predicted octanol–water partition coefficient (Wildman–Crippen LogP) is 5.15. The number of halogens is 1. The number of hydrazone groups is 1. The van der Waals surface area contributed by atoms with Crippen LogP contribution in [-0.2, 0) is 4.74 Å². The molecule has 2 heterocycles. The van der Waals surface area contributed by atoms with E-state index in [0.717, 1.165) is 30.8 Å². The van der Waals surface area contributed by atoms with Gasteiger partial charge in [0.1, 0.15) is 5.17 Å². The van der Waals surface area contributed by atoms with Crippen LogP contribution in [0, 0.1) is 5.92 Å². The maximum atomic E-state index is 5.99. The van der Waals surface area contributed by atoms with Crippen molar-refractivity contribution in [1.82, 2.24) is 5.01 Å². The van der Waals surface area contributed by atoms with Crippen molar-refractivity contribution in [2.75, 3.05) is 20.8 Å². The molecule has 0 bridgehead atoms. The lowest BCUT2D eigenvalue weighted by Gasteiger charge is -2.29. The van der Waals surface area contributed by atoms with Crippen LogP contribution in [0.2, 0.25) is 0 Å². The second kappa shape index (κ2) is 13.8. The molecule has 0 amide bonds. The fraction of sp³-hybridized carbons (Fsp3) is 0.474. The molecule has 0 aromatic rings. The van der Waals surface area contributed by atoms with E-state index in [1.165, 1.54) is 0 Å². The first-order chi connectivity index (χ1) is 11.6. The molecule has 2 aliphatic rings. The van der Waals surface area contributed by atoms with Crippen molar-refractivity contribution < 1.29 is 4.74 Å². The molecule has 0 radical (unpaired) electrons. The molecular weight excluding hydrogens is 322 g/mol. The summed E-state index contributed by atoms with van der Waals surface area (Å²) in [5.74, 6) is 0.313. The molecule has 0 fully saturated rings. The molecule has 2 aliphatic heterocycles. The van der Waals surface area contributed by atoms with Gasteiger partial charge in [-0.15, -0.1) is 0 Å². The summed E-state index contributed by atoms with van der Waals surface area (Å²) in [6, 6.07) is 0. The summed E-state index contributed by atoms with van der Waals surface area (Å²) in [6.45, 7) is 10.8. The highest BCUT2D eigenvalue weighted by Crippen LogP contribution is 2.28. The van der Waals surface area contributed by atoms with E-state index in [2.05, 4.69) is 39.6 Å². The van der Waals surface area contributed by atoms with E-state index in [1.54, 1.807) is 20.3 Å². The number of allylic oxidation sites excluding steroid dienone is 4. The third-order valence-corrected chi connectivity index (χ3v) is 3.32. The predicted molar refractivity (Wildman–Crippen MR) is 107 cm³/mol. The van der Waals surface area contributed by atoms with Gasteiger partial charge in [0.25, 0.3) is 0 Å². The van der Waals surface area contributed by atoms with Crippen LogP contribution in [-0.4, -0.2) is 37.2 Å². The molecule has 0 aliphatic carbocycles. The Bertz CT molecular complexity index is 519. The van der Waals surface area contributed by atoms with Gasteiger partial charge >= 0.3 is 0 Å². The van der Waals surface area contributed by atoms with Crippen LogP contribution in [0.25, 0.3) is 0 Å². The van der Waals surface area contributed by atoms with E-state index >= 15 is 0 Å². The van der Waals surface area contributed by atoms with Gasteiger partial charge in [-0.1, -0.05) is 50.3 Å². The summed E-state index contributed by atoms with van der Waals surface area (Å²) in [7, 11) is 3.25. The summed E-state index contributed by atoms with van der Waals surface area (Å²) < 4.78 is 4.25. The number of nitrogens with zero attached hydrogens (tertiary/aromatic N) is 3. The minimum absolute atomic E-state index is 0.313. The van der Waals surface area contributed by atoms with Crippen molar-refractivity contribution in [1.29, 1.82) is 0 Å². The minimum atomic E-state index is 0.313. The Balaban J connectivity index is 0.000000952. The summed E-state index contributed by atoms with van der Waals surface area (Å²) in [6.07, 6.45) is 14.0. The lowest BCUT2D eigenvalue weighted by molar-refractivity contribution is 0.277. The van der Waals surface area contributed by atoms with Crippen LogP contribution < -0.4 is 0 Å². The molecule has 0 aromatic heterocycles. The second-order valence-electron chi connectivity index (χ2n) is 4.84. The molecule has 0 saturated carbocycles. The summed E-state index contributed by atoms with van der Waals surface area (Å²) >= 11 is 5.99. The average molecular weight is 352 g/mol. The number of aliphatic imine (C=N–C) groups is 1. The van der Waals surface area contributed by atoms with Crippen LogP contribution in [0.5, 0.6) is 0 Å². The van der Waals surface area contributed by atoms with Gasteiger partial charge in [-0.05, 0) is 38.1 Å². The van der Waals surface area contributed by atoms with Crippen molar-refractivity contribution in [2.45, 2.75) is 33.6 Å². The molecule has 4 nitrogen and oxygen atoms in total. The standard InChI is InChI=1S/C15H18ClN3.C2H6O.C2H6/c1-3-14(13-6-4-10-17-11-5-7-13)19-12(2)8-9-15(16)18-19;1-3-2;1-2/h3-4,6,8-9,11,13H,2,5,7,10H2,1H3;1-2H3;1-2H3/b6-4-,14-3-,17-11?;;. The molecule has 0 spiro atoms. The lowest BCUT2D eigenvalue weighted by atomic mass is 9.97. The molecule has 2 rings (SSSR count). The Hall–Kier alpha value is -1.65. The van der Waals surface area contributed by atoms with Gasteiger partial charge in [0.15, 0.2) is 0 Å². The monoisotopic (exact) mass is 351 g/mol. The van der Waals surface area contributed by atoms with E-state index in [9.17, 15) is 0 Å². The van der Waals surface area contributed by atoms with E-state index < -0.39 is 0 Å². The third-order valence-electron chi connectivity index (χ3n) is 3.12. The Morgan fingerprint density at radius 2 is 2.04 bits per heavy atom. The fourth-order valence-electron chi connectivity index (χ4n) is 2.19. The zero-order valence-corrected chi connectivity index (χ0v) is 16.3. The molecule has 5 heteroatoms. The summed E-state index contributed by atoms with van der Waals surface area (Å²) in [4.78, 5) is 4.27. The topological polar surface area (TPSA) is 37.2 Å². The maximum Gasteiger partial charge on any atom is 0.150 e. The largest absolute Gasteiger partial charge is 0.388 e. The Morgan fingerprint density at radius 1 is 1.38 bits per heavy atom. The SMILES string of the molecule is C=C1C=CC(Cl)=NN1/C(=C\C)C1/C=C\CN=CCC1.CC.COC. The van der Waals surface area contributed by atoms with E-state index in [4.69, 9.17) is 11.6 Å². The van der Waals surface area contributed by atoms with E-state index in [1.807, 2.05) is 38.1 Å². The Labute approximate surface area is 151 Å². The maximum absolute atomic E-state index is 5.99. The normalized spacial score (nSPS) is 21.5. The van der Waals surface area contributed by atoms with Gasteiger partial charge < -0.3 is 4.74 Å². The number of hydrogen-bond acceptors (Lipinski definition) is 4. The highest BCUT2D eigenvalue weighted by molar-refractivity contribution is 6.68. The smallest absolute Gasteiger partial charge is 0.150 e.